The summed E-state index contributed by atoms with van der Waals surface area (Å²) < 4.78 is 5.81. The van der Waals surface area contributed by atoms with Crippen LogP contribution >= 0.6 is 11.6 Å². The van der Waals surface area contributed by atoms with E-state index in [-0.39, 0.29) is 5.84 Å². The highest BCUT2D eigenvalue weighted by atomic mass is 35.5. The fraction of sp³-hybridized carbons (Fsp3) is 0.0909. The number of hydrogen-bond acceptors (Lipinski definition) is 4. The molecule has 28 heavy (non-hydrogen) atoms. The monoisotopic (exact) mass is 394 g/mol. The molecule has 0 saturated heterocycles. The summed E-state index contributed by atoms with van der Waals surface area (Å²) in [7, 11) is 0. The minimum atomic E-state index is -0.594. The predicted octanol–water partition coefficient (Wildman–Crippen LogP) is 4.70. The van der Waals surface area contributed by atoms with Crippen LogP contribution in [-0.4, -0.2) is 11.8 Å². The van der Waals surface area contributed by atoms with Crippen molar-refractivity contribution in [2.45, 2.75) is 13.5 Å². The topological polar surface area (TPSA) is 73.9 Å². The molecule has 0 unspecified atom stereocenters. The lowest BCUT2D eigenvalue weighted by molar-refractivity contribution is 0.0516. The van der Waals surface area contributed by atoms with Crippen LogP contribution in [0.15, 0.2) is 78.0 Å². The summed E-state index contributed by atoms with van der Waals surface area (Å²) in [6.45, 7) is 2.23. The highest BCUT2D eigenvalue weighted by molar-refractivity contribution is 6.30. The van der Waals surface area contributed by atoms with Gasteiger partial charge in [-0.15, -0.1) is 0 Å². The van der Waals surface area contributed by atoms with Gasteiger partial charge in [-0.05, 0) is 48.4 Å². The molecule has 0 aliphatic heterocycles. The van der Waals surface area contributed by atoms with Crippen molar-refractivity contribution >= 4 is 23.4 Å². The number of benzene rings is 3. The molecule has 0 aliphatic rings. The molecule has 142 valence electrons. The van der Waals surface area contributed by atoms with Crippen LogP contribution in [0.4, 0.5) is 0 Å². The highest BCUT2D eigenvalue weighted by Crippen LogP contribution is 2.23. The average Bonchev–Trinajstić information content (AvgIpc) is 2.72. The first kappa shape index (κ1) is 19.5. The van der Waals surface area contributed by atoms with E-state index in [9.17, 15) is 4.79 Å². The Labute approximate surface area is 168 Å². The number of amidine groups is 1. The van der Waals surface area contributed by atoms with Gasteiger partial charge in [-0.2, -0.15) is 0 Å². The molecule has 5 nitrogen and oxygen atoms in total. The van der Waals surface area contributed by atoms with Crippen molar-refractivity contribution in [1.29, 1.82) is 0 Å². The van der Waals surface area contributed by atoms with E-state index in [1.165, 1.54) is 0 Å². The van der Waals surface area contributed by atoms with Gasteiger partial charge in [-0.3, -0.25) is 0 Å². The van der Waals surface area contributed by atoms with Crippen molar-refractivity contribution in [1.82, 2.24) is 0 Å². The number of carbonyl (C=O) groups excluding carboxylic acids is 1. The van der Waals surface area contributed by atoms with Gasteiger partial charge in [0.05, 0.1) is 5.56 Å². The quantitative estimate of drug-likeness (QED) is 0.284. The van der Waals surface area contributed by atoms with Crippen molar-refractivity contribution < 1.29 is 14.4 Å². The number of halogens is 1. The van der Waals surface area contributed by atoms with Crippen LogP contribution in [0.25, 0.3) is 0 Å². The molecular weight excluding hydrogens is 376 g/mol. The fourth-order valence-corrected chi connectivity index (χ4v) is 2.76. The third kappa shape index (κ3) is 5.11. The maximum atomic E-state index is 12.3. The second kappa shape index (κ2) is 9.06. The summed E-state index contributed by atoms with van der Waals surface area (Å²) in [5.74, 6) is 0.271. The lowest BCUT2D eigenvalue weighted by atomic mass is 10.1. The third-order valence-electron chi connectivity index (χ3n) is 3.99. The van der Waals surface area contributed by atoms with E-state index in [0.717, 1.165) is 16.9 Å². The average molecular weight is 395 g/mol. The molecule has 0 amide bonds. The standard InChI is InChI=1S/C22H19ClN2O3/c1-15-12-19(23)10-11-20(15)27-14-16-6-5-9-18(13-16)22(26)28-25-21(24)17-7-3-2-4-8-17/h2-13H,14H2,1H3,(H2,24,25). The number of oxime groups is 1. The molecule has 0 saturated carbocycles. The number of ether oxygens (including phenoxy) is 1. The summed E-state index contributed by atoms with van der Waals surface area (Å²) in [6.07, 6.45) is 0. The lowest BCUT2D eigenvalue weighted by Crippen LogP contribution is -2.15. The molecule has 3 aromatic carbocycles. The lowest BCUT2D eigenvalue weighted by Gasteiger charge is -2.10. The van der Waals surface area contributed by atoms with E-state index < -0.39 is 5.97 Å². The summed E-state index contributed by atoms with van der Waals surface area (Å²) in [5.41, 5.74) is 8.63. The second-order valence-corrected chi connectivity index (χ2v) is 6.56. The number of rotatable bonds is 6. The van der Waals surface area contributed by atoms with E-state index in [1.807, 2.05) is 43.3 Å². The van der Waals surface area contributed by atoms with Crippen LogP contribution in [0.2, 0.25) is 5.02 Å². The Bertz CT molecular complexity index is 1000. The SMILES string of the molecule is Cc1cc(Cl)ccc1OCc1cccc(C(=O)O/N=C(\N)c2ccccc2)c1. The van der Waals surface area contributed by atoms with Gasteiger partial charge in [-0.25, -0.2) is 4.79 Å². The molecule has 3 aromatic rings. The van der Waals surface area contributed by atoms with Gasteiger partial charge < -0.3 is 15.3 Å². The molecule has 2 N–H and O–H groups in total. The predicted molar refractivity (Wildman–Crippen MR) is 110 cm³/mol. The van der Waals surface area contributed by atoms with Crippen LogP contribution < -0.4 is 10.5 Å². The maximum absolute atomic E-state index is 12.3. The first-order valence-corrected chi connectivity index (χ1v) is 8.99. The Hall–Kier alpha value is -3.31. The van der Waals surface area contributed by atoms with Gasteiger partial charge >= 0.3 is 5.97 Å². The van der Waals surface area contributed by atoms with Gasteiger partial charge in [0.1, 0.15) is 12.4 Å². The summed E-state index contributed by atoms with van der Waals surface area (Å²) >= 11 is 5.95. The van der Waals surface area contributed by atoms with Gasteiger partial charge in [-0.1, -0.05) is 59.2 Å². The van der Waals surface area contributed by atoms with Crippen molar-refractivity contribution in [3.8, 4) is 5.75 Å². The summed E-state index contributed by atoms with van der Waals surface area (Å²) in [6, 6.07) is 21.5. The Balaban J connectivity index is 1.64. The molecule has 0 fully saturated rings. The summed E-state index contributed by atoms with van der Waals surface area (Å²) in [4.78, 5) is 17.2. The summed E-state index contributed by atoms with van der Waals surface area (Å²) in [5, 5.41) is 4.37. The zero-order chi connectivity index (χ0) is 19.9. The molecule has 3 rings (SSSR count). The van der Waals surface area contributed by atoms with E-state index in [0.29, 0.717) is 22.8 Å². The third-order valence-corrected chi connectivity index (χ3v) is 4.23. The van der Waals surface area contributed by atoms with Gasteiger partial charge in [0.25, 0.3) is 0 Å². The van der Waals surface area contributed by atoms with Crippen LogP contribution in [0.5, 0.6) is 5.75 Å². The highest BCUT2D eigenvalue weighted by Gasteiger charge is 2.10. The molecule has 0 aromatic heterocycles. The first-order chi connectivity index (χ1) is 13.5. The molecule has 0 spiro atoms. The Morgan fingerprint density at radius 3 is 2.50 bits per heavy atom. The molecular formula is C22H19ClN2O3. The van der Waals surface area contributed by atoms with Gasteiger partial charge in [0, 0.05) is 10.6 Å². The zero-order valence-electron chi connectivity index (χ0n) is 15.3. The smallest absolute Gasteiger partial charge is 0.365 e. The molecule has 0 atom stereocenters. The van der Waals surface area contributed by atoms with Crippen molar-refractivity contribution in [2.75, 3.05) is 0 Å². The van der Waals surface area contributed by atoms with Gasteiger partial charge in [0.15, 0.2) is 5.84 Å². The van der Waals surface area contributed by atoms with Gasteiger partial charge in [0.2, 0.25) is 0 Å². The Kier molecular flexibility index (Phi) is 6.29. The van der Waals surface area contributed by atoms with E-state index >= 15 is 0 Å². The minimum absolute atomic E-state index is 0.131. The maximum Gasteiger partial charge on any atom is 0.365 e. The number of aryl methyl sites for hydroxylation is 1. The number of nitrogens with two attached hydrogens (primary N) is 1. The van der Waals surface area contributed by atoms with Crippen LogP contribution in [0, 0.1) is 6.92 Å². The van der Waals surface area contributed by atoms with E-state index in [1.54, 1.807) is 36.4 Å². The minimum Gasteiger partial charge on any atom is -0.489 e. The van der Waals surface area contributed by atoms with Crippen LogP contribution in [0.1, 0.15) is 27.0 Å². The normalized spacial score (nSPS) is 11.1. The van der Waals surface area contributed by atoms with E-state index in [2.05, 4.69) is 5.16 Å². The largest absolute Gasteiger partial charge is 0.489 e. The van der Waals surface area contributed by atoms with Crippen molar-refractivity contribution in [2.24, 2.45) is 10.9 Å². The van der Waals surface area contributed by atoms with Crippen LogP contribution in [-0.2, 0) is 11.4 Å². The molecule has 6 heteroatoms. The zero-order valence-corrected chi connectivity index (χ0v) is 16.0. The Morgan fingerprint density at radius 1 is 1.00 bits per heavy atom. The second-order valence-electron chi connectivity index (χ2n) is 6.12. The number of hydrogen-bond donors (Lipinski definition) is 1. The van der Waals surface area contributed by atoms with Crippen molar-refractivity contribution in [3.05, 3.63) is 100 Å². The molecule has 0 aliphatic carbocycles. The van der Waals surface area contributed by atoms with Crippen molar-refractivity contribution in [3.63, 3.8) is 0 Å². The molecule has 0 heterocycles. The van der Waals surface area contributed by atoms with Crippen LogP contribution in [0.3, 0.4) is 0 Å². The number of carbonyl (C=O) groups is 1. The molecule has 0 radical (unpaired) electrons. The number of nitrogens with zero attached hydrogens (tertiary/aromatic N) is 1. The Morgan fingerprint density at radius 2 is 1.75 bits per heavy atom. The molecule has 0 bridgehead atoms. The first-order valence-electron chi connectivity index (χ1n) is 8.61. The van der Waals surface area contributed by atoms with E-state index in [4.69, 9.17) is 26.9 Å². The fourth-order valence-electron chi connectivity index (χ4n) is 2.53.